The van der Waals surface area contributed by atoms with Crippen molar-refractivity contribution in [2.45, 2.75) is 44.9 Å². The Labute approximate surface area is 119 Å². The smallest absolute Gasteiger partial charge is 0.307 e. The molecule has 1 amide bonds. The van der Waals surface area contributed by atoms with E-state index in [1.807, 2.05) is 0 Å². The molecule has 0 radical (unpaired) electrons. The third-order valence-corrected chi connectivity index (χ3v) is 3.78. The Morgan fingerprint density at radius 1 is 1.15 bits per heavy atom. The van der Waals surface area contributed by atoms with E-state index >= 15 is 0 Å². The molecule has 4 nitrogen and oxygen atoms in total. The highest BCUT2D eigenvalue weighted by atomic mass is 16.4. The van der Waals surface area contributed by atoms with Crippen molar-refractivity contribution in [1.82, 2.24) is 0 Å². The average molecular weight is 275 g/mol. The highest BCUT2D eigenvalue weighted by Crippen LogP contribution is 2.24. The number of hydrogen-bond acceptors (Lipinski definition) is 2. The number of rotatable bonds is 4. The lowest BCUT2D eigenvalue weighted by atomic mass is 9.99. The standard InChI is InChI=1S/C16H21NO3/c18-15(19)11-12-6-5-9-14(10-12)17-16(20)13-7-3-1-2-4-8-13/h5-6,9-10,13H,1-4,7-8,11H2,(H,17,20)(H,18,19). The molecule has 108 valence electrons. The first-order valence-corrected chi connectivity index (χ1v) is 7.27. The fraction of sp³-hybridized carbons (Fsp3) is 0.500. The zero-order valence-corrected chi connectivity index (χ0v) is 11.6. The predicted octanol–water partition coefficient (Wildman–Crippen LogP) is 3.22. The summed E-state index contributed by atoms with van der Waals surface area (Å²) in [5.41, 5.74) is 1.40. The lowest BCUT2D eigenvalue weighted by molar-refractivity contribution is -0.136. The third kappa shape index (κ3) is 4.37. The molecule has 1 aliphatic rings. The molecule has 0 bridgehead atoms. The lowest BCUT2D eigenvalue weighted by Crippen LogP contribution is -2.22. The molecular weight excluding hydrogens is 254 g/mol. The van der Waals surface area contributed by atoms with Crippen molar-refractivity contribution in [3.05, 3.63) is 29.8 Å². The third-order valence-electron chi connectivity index (χ3n) is 3.78. The van der Waals surface area contributed by atoms with Crippen LogP contribution in [0.25, 0.3) is 0 Å². The Balaban J connectivity index is 1.97. The van der Waals surface area contributed by atoms with Crippen molar-refractivity contribution < 1.29 is 14.7 Å². The number of amides is 1. The van der Waals surface area contributed by atoms with E-state index in [0.29, 0.717) is 11.3 Å². The number of carbonyl (C=O) groups excluding carboxylic acids is 1. The molecule has 1 saturated carbocycles. The first kappa shape index (κ1) is 14.6. The minimum absolute atomic E-state index is 0.0207. The summed E-state index contributed by atoms with van der Waals surface area (Å²) in [5, 5.41) is 11.7. The van der Waals surface area contributed by atoms with Crippen LogP contribution < -0.4 is 5.32 Å². The lowest BCUT2D eigenvalue weighted by Gasteiger charge is -2.14. The van der Waals surface area contributed by atoms with Crippen LogP contribution in [0.15, 0.2) is 24.3 Å². The van der Waals surface area contributed by atoms with Gasteiger partial charge in [0.25, 0.3) is 0 Å². The van der Waals surface area contributed by atoms with Crippen LogP contribution in [-0.4, -0.2) is 17.0 Å². The van der Waals surface area contributed by atoms with Gasteiger partial charge in [0.05, 0.1) is 6.42 Å². The normalized spacial score (nSPS) is 16.4. The molecule has 4 heteroatoms. The van der Waals surface area contributed by atoms with Crippen molar-refractivity contribution in [3.63, 3.8) is 0 Å². The summed E-state index contributed by atoms with van der Waals surface area (Å²) < 4.78 is 0. The first-order chi connectivity index (χ1) is 9.65. The van der Waals surface area contributed by atoms with Gasteiger partial charge in [-0.2, -0.15) is 0 Å². The molecular formula is C16H21NO3. The summed E-state index contributed by atoms with van der Waals surface area (Å²) in [6.45, 7) is 0. The fourth-order valence-corrected chi connectivity index (χ4v) is 2.72. The second kappa shape index (κ2) is 7.08. The van der Waals surface area contributed by atoms with Gasteiger partial charge in [-0.25, -0.2) is 0 Å². The van der Waals surface area contributed by atoms with Crippen molar-refractivity contribution in [2.75, 3.05) is 5.32 Å². The number of aliphatic carboxylic acids is 1. The zero-order chi connectivity index (χ0) is 14.4. The fourth-order valence-electron chi connectivity index (χ4n) is 2.72. The van der Waals surface area contributed by atoms with Crippen LogP contribution in [0, 0.1) is 5.92 Å². The quantitative estimate of drug-likeness (QED) is 0.829. The van der Waals surface area contributed by atoms with Gasteiger partial charge >= 0.3 is 5.97 Å². The van der Waals surface area contributed by atoms with E-state index in [-0.39, 0.29) is 18.2 Å². The molecule has 0 unspecified atom stereocenters. The van der Waals surface area contributed by atoms with Crippen LogP contribution in [0.1, 0.15) is 44.1 Å². The van der Waals surface area contributed by atoms with Crippen LogP contribution in [0.5, 0.6) is 0 Å². The van der Waals surface area contributed by atoms with E-state index in [1.165, 1.54) is 12.8 Å². The Kier molecular flexibility index (Phi) is 5.16. The van der Waals surface area contributed by atoms with Gasteiger partial charge in [-0.05, 0) is 30.5 Å². The SMILES string of the molecule is O=C(O)Cc1cccc(NC(=O)C2CCCCCC2)c1. The van der Waals surface area contributed by atoms with Crippen LogP contribution in [-0.2, 0) is 16.0 Å². The molecule has 1 aliphatic carbocycles. The van der Waals surface area contributed by atoms with E-state index in [0.717, 1.165) is 25.7 Å². The van der Waals surface area contributed by atoms with Crippen molar-refractivity contribution in [3.8, 4) is 0 Å². The Bertz CT molecular complexity index is 476. The van der Waals surface area contributed by atoms with Crippen LogP contribution in [0.4, 0.5) is 5.69 Å². The number of carbonyl (C=O) groups is 2. The highest BCUT2D eigenvalue weighted by molar-refractivity contribution is 5.92. The minimum Gasteiger partial charge on any atom is -0.481 e. The maximum absolute atomic E-state index is 12.2. The largest absolute Gasteiger partial charge is 0.481 e. The molecule has 2 rings (SSSR count). The van der Waals surface area contributed by atoms with Gasteiger partial charge in [0, 0.05) is 11.6 Å². The molecule has 20 heavy (non-hydrogen) atoms. The van der Waals surface area contributed by atoms with Crippen molar-refractivity contribution in [2.24, 2.45) is 5.92 Å². The van der Waals surface area contributed by atoms with E-state index in [1.54, 1.807) is 24.3 Å². The molecule has 0 spiro atoms. The molecule has 1 fully saturated rings. The van der Waals surface area contributed by atoms with E-state index in [2.05, 4.69) is 5.32 Å². The van der Waals surface area contributed by atoms with Crippen molar-refractivity contribution >= 4 is 17.6 Å². The van der Waals surface area contributed by atoms with E-state index < -0.39 is 5.97 Å². The number of benzene rings is 1. The van der Waals surface area contributed by atoms with Crippen LogP contribution in [0.3, 0.4) is 0 Å². The second-order valence-electron chi connectivity index (χ2n) is 5.45. The number of nitrogens with one attached hydrogen (secondary N) is 1. The summed E-state index contributed by atoms with van der Waals surface area (Å²) in [6.07, 6.45) is 6.58. The summed E-state index contributed by atoms with van der Waals surface area (Å²) >= 11 is 0. The van der Waals surface area contributed by atoms with E-state index in [4.69, 9.17) is 5.11 Å². The van der Waals surface area contributed by atoms with Gasteiger partial charge in [-0.15, -0.1) is 0 Å². The second-order valence-corrected chi connectivity index (χ2v) is 5.45. The maximum atomic E-state index is 12.2. The van der Waals surface area contributed by atoms with Gasteiger partial charge in [0.2, 0.25) is 5.91 Å². The van der Waals surface area contributed by atoms with Gasteiger partial charge in [0.1, 0.15) is 0 Å². The summed E-state index contributed by atoms with van der Waals surface area (Å²) in [7, 11) is 0. The van der Waals surface area contributed by atoms with Gasteiger partial charge in [0.15, 0.2) is 0 Å². The molecule has 1 aromatic carbocycles. The summed E-state index contributed by atoms with van der Waals surface area (Å²) in [6, 6.07) is 7.08. The Morgan fingerprint density at radius 2 is 1.85 bits per heavy atom. The monoisotopic (exact) mass is 275 g/mol. The molecule has 0 aromatic heterocycles. The number of hydrogen-bond donors (Lipinski definition) is 2. The number of anilines is 1. The molecule has 0 heterocycles. The Morgan fingerprint density at radius 3 is 2.50 bits per heavy atom. The topological polar surface area (TPSA) is 66.4 Å². The van der Waals surface area contributed by atoms with E-state index in [9.17, 15) is 9.59 Å². The average Bonchev–Trinajstić information content (AvgIpc) is 2.67. The Hall–Kier alpha value is -1.84. The maximum Gasteiger partial charge on any atom is 0.307 e. The van der Waals surface area contributed by atoms with Crippen molar-refractivity contribution in [1.29, 1.82) is 0 Å². The molecule has 0 aliphatic heterocycles. The van der Waals surface area contributed by atoms with Gasteiger partial charge in [-0.3, -0.25) is 9.59 Å². The molecule has 0 atom stereocenters. The highest BCUT2D eigenvalue weighted by Gasteiger charge is 2.20. The van der Waals surface area contributed by atoms with Crippen LogP contribution >= 0.6 is 0 Å². The zero-order valence-electron chi connectivity index (χ0n) is 11.6. The first-order valence-electron chi connectivity index (χ1n) is 7.27. The van der Waals surface area contributed by atoms with Crippen LogP contribution in [0.2, 0.25) is 0 Å². The molecule has 0 saturated heterocycles. The summed E-state index contributed by atoms with van der Waals surface area (Å²) in [5.74, 6) is -0.697. The molecule has 1 aromatic rings. The number of carboxylic acid groups (broad SMARTS) is 1. The van der Waals surface area contributed by atoms with Gasteiger partial charge < -0.3 is 10.4 Å². The summed E-state index contributed by atoms with van der Waals surface area (Å²) in [4.78, 5) is 22.9. The molecule has 2 N–H and O–H groups in total. The minimum atomic E-state index is -0.864. The number of carboxylic acids is 1. The predicted molar refractivity (Wildman–Crippen MR) is 77.6 cm³/mol. The van der Waals surface area contributed by atoms with Gasteiger partial charge in [-0.1, -0.05) is 37.8 Å².